The second-order valence-electron chi connectivity index (χ2n) is 24.1. The summed E-state index contributed by atoms with van der Waals surface area (Å²) >= 11 is 3.37. The minimum Gasteiger partial charge on any atom is -0.444 e. The predicted octanol–water partition coefficient (Wildman–Crippen LogP) is 11.3. The number of Topliss-reactive ketones (excluding diaryl/α,β-unsaturated/α-hetero) is 2. The highest BCUT2D eigenvalue weighted by molar-refractivity contribution is 9.09. The van der Waals surface area contributed by atoms with E-state index in [2.05, 4.69) is 55.0 Å². The lowest BCUT2D eigenvalue weighted by atomic mass is 9.48. The summed E-state index contributed by atoms with van der Waals surface area (Å²) in [5, 5.41) is 32.2. The summed E-state index contributed by atoms with van der Waals surface area (Å²) in [6.45, 7) is 8.62. The lowest BCUT2D eigenvalue weighted by Gasteiger charge is -2.59. The Bertz CT molecular complexity index is 2380. The number of nitrogens with zero attached hydrogens (tertiary/aromatic N) is 5. The molecule has 16 atom stereocenters. The largest absolute Gasteiger partial charge is 0.444 e. The smallest absolute Gasteiger partial charge is 0.229 e. The molecule has 0 amide bonds. The van der Waals surface area contributed by atoms with Gasteiger partial charge in [-0.1, -0.05) is 29.8 Å². The third-order valence-corrected chi connectivity index (χ3v) is 20.9. The molecule has 0 spiro atoms. The maximum Gasteiger partial charge on any atom is 0.229 e. The normalized spacial score (nSPS) is 43.0. The SMILES string of the molecule is C[C@@]1(O)CC[C@@]2(F)[C@H](CC[C@H]3[C@@H]4CC[C@H](C(=O)CBr)[C@@]4(C)CC[C@@H]32)C1.C[C@@]1(O)CC[C@@]2(F)[C@H](CC[C@H]3[C@@H]4CC[C@H](C(=O)Cn5cc(-c6ncco6)cn5)[C@@]4(C)CC[C@@H]32)C1.c1coc(-c2cn[nH]c2)n1. The van der Waals surface area contributed by atoms with Gasteiger partial charge in [-0.05, 0) is 188 Å². The first kappa shape index (κ1) is 49.0. The van der Waals surface area contributed by atoms with Crippen LogP contribution in [0.3, 0.4) is 0 Å². The van der Waals surface area contributed by atoms with E-state index in [4.69, 9.17) is 8.83 Å². The van der Waals surface area contributed by atoms with Gasteiger partial charge in [0.1, 0.15) is 29.6 Å². The van der Waals surface area contributed by atoms with Gasteiger partial charge in [-0.2, -0.15) is 10.2 Å². The molecule has 376 valence electrons. The zero-order valence-corrected chi connectivity index (χ0v) is 42.5. The summed E-state index contributed by atoms with van der Waals surface area (Å²) in [6, 6.07) is 0. The predicted molar refractivity (Wildman–Crippen MR) is 259 cm³/mol. The number of fused-ring (bicyclic) bond motifs is 10. The first-order chi connectivity index (χ1) is 32.9. The maximum atomic E-state index is 16.5. The summed E-state index contributed by atoms with van der Waals surface area (Å²) < 4.78 is 44.8. The zero-order valence-electron chi connectivity index (χ0n) is 40.9. The van der Waals surface area contributed by atoms with E-state index < -0.39 is 22.5 Å². The van der Waals surface area contributed by atoms with Crippen molar-refractivity contribution in [3.8, 4) is 22.9 Å². The molecular weight excluding hydrogens is 947 g/mol. The molecular formula is C54H73BrF2N6O6. The second kappa shape index (κ2) is 18.5. The standard InChI is InChI=1S/C27H36FN3O3.C21H32BrFO2.C6H5N3O/c1-25(33)9-10-27(28)18(13-25)3-4-19-20-5-6-22(26(20,2)8-7-21(19)27)23(32)16-31-15-17(14-30-31)24-29-11-12-34-24;1-19(25)9-10-21(23)13(11-19)3-4-14-15-5-6-17(18(24)12-22)20(15,2)8-7-16(14)21;1-2-10-6(7-1)5-3-8-9-4-5/h11-12,14-15,18-22,33H,3-10,13,16H2,1-2H3;13-17,25H,3-12H2,1-2H3;1-4H,(H,8,9)/t18-,19+,20+,21+,22-,25-,26+,27-;13-,14+,15+,16+,17-,19-,20+,21-;/m11./s1. The molecule has 0 unspecified atom stereocenters. The van der Waals surface area contributed by atoms with E-state index in [9.17, 15) is 19.8 Å². The average molecular weight is 1020 g/mol. The van der Waals surface area contributed by atoms with Crippen LogP contribution < -0.4 is 0 Å². The highest BCUT2D eigenvalue weighted by atomic mass is 79.9. The van der Waals surface area contributed by atoms with Crippen molar-refractivity contribution >= 4 is 27.5 Å². The van der Waals surface area contributed by atoms with Gasteiger partial charge >= 0.3 is 0 Å². The van der Waals surface area contributed by atoms with Crippen LogP contribution in [0.15, 0.2) is 58.5 Å². The number of aromatic nitrogens is 6. The van der Waals surface area contributed by atoms with Gasteiger partial charge in [0.15, 0.2) is 5.78 Å². The quantitative estimate of drug-likeness (QED) is 0.151. The van der Waals surface area contributed by atoms with Crippen molar-refractivity contribution < 1.29 is 37.4 Å². The summed E-state index contributed by atoms with van der Waals surface area (Å²) in [4.78, 5) is 34.0. The Morgan fingerprint density at radius 3 is 1.68 bits per heavy atom. The summed E-state index contributed by atoms with van der Waals surface area (Å²) in [5.41, 5.74) is -1.97. The van der Waals surface area contributed by atoms with Crippen molar-refractivity contribution in [2.75, 3.05) is 5.33 Å². The van der Waals surface area contributed by atoms with Crippen molar-refractivity contribution in [1.29, 1.82) is 0 Å². The number of hydrogen-bond donors (Lipinski definition) is 3. The number of nitrogens with one attached hydrogen (secondary N) is 1. The molecule has 69 heavy (non-hydrogen) atoms. The van der Waals surface area contributed by atoms with Crippen molar-refractivity contribution in [3.63, 3.8) is 0 Å². The monoisotopic (exact) mass is 1020 g/mol. The minimum absolute atomic E-state index is 0.00760. The van der Waals surface area contributed by atoms with E-state index in [0.29, 0.717) is 85.1 Å². The topological polar surface area (TPSA) is 173 Å². The van der Waals surface area contributed by atoms with Gasteiger partial charge < -0.3 is 19.0 Å². The Kier molecular flexibility index (Phi) is 13.1. The number of aliphatic hydroxyl groups is 2. The van der Waals surface area contributed by atoms with Crippen LogP contribution in [-0.2, 0) is 16.1 Å². The summed E-state index contributed by atoms with van der Waals surface area (Å²) in [5.74, 6) is 3.84. The van der Waals surface area contributed by atoms with Crippen molar-refractivity contribution in [2.45, 2.75) is 172 Å². The number of carbonyl (C=O) groups is 2. The Labute approximate surface area is 413 Å². The first-order valence-electron chi connectivity index (χ1n) is 26.1. The summed E-state index contributed by atoms with van der Waals surface area (Å²) in [6.07, 6.45) is 28.2. The minimum atomic E-state index is -1.14. The Morgan fingerprint density at radius 2 is 1.20 bits per heavy atom. The van der Waals surface area contributed by atoms with Crippen molar-refractivity contribution in [2.24, 2.45) is 70.0 Å². The number of hydrogen-bond acceptors (Lipinski definition) is 10. The van der Waals surface area contributed by atoms with Crippen LogP contribution in [-0.4, -0.2) is 79.6 Å². The van der Waals surface area contributed by atoms with Crippen LogP contribution in [0.4, 0.5) is 8.78 Å². The van der Waals surface area contributed by atoms with E-state index in [1.165, 1.54) is 12.5 Å². The molecule has 4 heterocycles. The number of rotatable bonds is 7. The molecule has 0 saturated heterocycles. The van der Waals surface area contributed by atoms with Gasteiger partial charge in [0, 0.05) is 24.2 Å². The van der Waals surface area contributed by atoms with Crippen LogP contribution in [0, 0.1) is 70.0 Å². The van der Waals surface area contributed by atoms with Crippen LogP contribution in [0.1, 0.15) is 143 Å². The number of halogens is 3. The van der Waals surface area contributed by atoms with Crippen molar-refractivity contribution in [3.05, 3.63) is 49.7 Å². The highest BCUT2D eigenvalue weighted by Gasteiger charge is 2.65. The van der Waals surface area contributed by atoms with E-state index in [1.807, 2.05) is 20.0 Å². The van der Waals surface area contributed by atoms with E-state index in [1.54, 1.807) is 35.7 Å². The molecule has 8 aliphatic rings. The third kappa shape index (κ3) is 8.86. The fraction of sp³-hybridized carbons (Fsp3) is 0.741. The molecule has 0 aliphatic heterocycles. The molecule has 12 nitrogen and oxygen atoms in total. The molecule has 4 aromatic heterocycles. The molecule has 0 bridgehead atoms. The van der Waals surface area contributed by atoms with Gasteiger partial charge in [0.2, 0.25) is 11.8 Å². The molecule has 12 rings (SSSR count). The molecule has 4 aromatic rings. The molecule has 0 radical (unpaired) electrons. The molecule has 8 saturated carbocycles. The van der Waals surface area contributed by atoms with Gasteiger partial charge in [-0.25, -0.2) is 18.7 Å². The van der Waals surface area contributed by atoms with E-state index >= 15 is 8.78 Å². The molecule has 8 aliphatic carbocycles. The molecule has 8 fully saturated rings. The second-order valence-corrected chi connectivity index (χ2v) is 24.6. The van der Waals surface area contributed by atoms with Crippen LogP contribution in [0.5, 0.6) is 0 Å². The Hall–Kier alpha value is -3.56. The molecule has 3 N–H and O–H groups in total. The Morgan fingerprint density at radius 1 is 0.681 bits per heavy atom. The van der Waals surface area contributed by atoms with Gasteiger partial charge in [0.25, 0.3) is 0 Å². The number of oxazole rings is 2. The lowest BCUT2D eigenvalue weighted by Crippen LogP contribution is -2.58. The van der Waals surface area contributed by atoms with Gasteiger partial charge in [-0.3, -0.25) is 19.4 Å². The maximum absolute atomic E-state index is 16.5. The number of carbonyl (C=O) groups excluding carboxylic acids is 2. The molecule has 0 aromatic carbocycles. The number of ketones is 2. The zero-order chi connectivity index (χ0) is 48.6. The molecule has 15 heteroatoms. The van der Waals surface area contributed by atoms with Crippen molar-refractivity contribution in [1.82, 2.24) is 29.9 Å². The summed E-state index contributed by atoms with van der Waals surface area (Å²) in [7, 11) is 0. The van der Waals surface area contributed by atoms with E-state index in [0.717, 1.165) is 88.2 Å². The number of H-pyrrole nitrogens is 1. The van der Waals surface area contributed by atoms with Crippen LogP contribution in [0.25, 0.3) is 22.9 Å². The lowest BCUT2D eigenvalue weighted by molar-refractivity contribution is -0.166. The number of aromatic amines is 1. The van der Waals surface area contributed by atoms with E-state index in [-0.39, 0.29) is 58.7 Å². The van der Waals surface area contributed by atoms with Gasteiger partial charge in [-0.15, -0.1) is 0 Å². The highest BCUT2D eigenvalue weighted by Crippen LogP contribution is 2.68. The van der Waals surface area contributed by atoms with Gasteiger partial charge in [0.05, 0.1) is 59.0 Å². The fourth-order valence-corrected chi connectivity index (χ4v) is 17.4. The fourth-order valence-electron chi connectivity index (χ4n) is 17.0. The Balaban J connectivity index is 0.000000137. The van der Waals surface area contributed by atoms with Crippen LogP contribution in [0.2, 0.25) is 0 Å². The average Bonchev–Trinajstić information content (AvgIpc) is 4.18. The third-order valence-electron chi connectivity index (χ3n) is 20.3. The first-order valence-corrected chi connectivity index (χ1v) is 27.2. The van der Waals surface area contributed by atoms with Crippen LogP contribution >= 0.6 is 15.9 Å². The number of alkyl halides is 3.